The number of ether oxygens (including phenoxy) is 6. The van der Waals surface area contributed by atoms with Crippen LogP contribution in [0.2, 0.25) is 0 Å². The molecule has 61 heavy (non-hydrogen) atoms. The van der Waals surface area contributed by atoms with Crippen molar-refractivity contribution in [1.82, 2.24) is 0 Å². The van der Waals surface area contributed by atoms with Crippen LogP contribution in [-0.4, -0.2) is 95.8 Å². The van der Waals surface area contributed by atoms with Gasteiger partial charge in [0, 0.05) is 12.8 Å². The summed E-state index contributed by atoms with van der Waals surface area (Å²) in [6, 6.07) is 13.8. The Balaban J connectivity index is 0. The van der Waals surface area contributed by atoms with Crippen LogP contribution in [0.25, 0.3) is 0 Å². The fraction of sp³-hybridized carbons (Fsp3) is 0.564. The molecule has 0 radical (unpaired) electrons. The Morgan fingerprint density at radius 3 is 1.38 bits per heavy atom. The highest BCUT2D eigenvalue weighted by Gasteiger charge is 2.44. The minimum Gasteiger partial charge on any atom is -0.475 e. The Kier molecular flexibility index (Phi) is 25.3. The molecule has 348 valence electrons. The molecule has 0 spiro atoms. The van der Waals surface area contributed by atoms with E-state index >= 15 is 0 Å². The van der Waals surface area contributed by atoms with Gasteiger partial charge in [-0.05, 0) is 105 Å². The van der Waals surface area contributed by atoms with E-state index in [1.54, 1.807) is 97.9 Å². The smallest absolute Gasteiger partial charge is 0.475 e. The summed E-state index contributed by atoms with van der Waals surface area (Å²) in [5, 5.41) is 16.6. The normalized spacial score (nSPS) is 12.8. The molecule has 2 rings (SSSR count). The fourth-order valence-electron chi connectivity index (χ4n) is 3.60. The van der Waals surface area contributed by atoms with Gasteiger partial charge >= 0.3 is 39.5 Å². The van der Waals surface area contributed by atoms with Gasteiger partial charge < -0.3 is 33.5 Å². The van der Waals surface area contributed by atoms with E-state index in [9.17, 15) is 37.5 Å². The van der Waals surface area contributed by atoms with Crippen LogP contribution in [0.5, 0.6) is 11.5 Å². The molecule has 0 heterocycles. The SMILES string of the molecule is CC(C)OC(=N)C(Cl)(Cl)Cl.COC(=O)[C@@H](O)Cc1cccc(OC(=O)C(C)(C)C)c1.COC(=O)[C@H](Cc1cccc(OC(=O)C(C)(C)C)c1)OC(C)C.O=S(=O)(O)C(F)(F)F. The number of methoxy groups -OCH3 is 2. The predicted molar refractivity (Wildman–Crippen MR) is 222 cm³/mol. The molecule has 0 aliphatic rings. The van der Waals surface area contributed by atoms with Crippen LogP contribution in [0, 0.1) is 16.2 Å². The van der Waals surface area contributed by atoms with Gasteiger partial charge in [0.2, 0.25) is 5.90 Å². The molecule has 22 heteroatoms. The fourth-order valence-corrected chi connectivity index (χ4v) is 3.73. The molecule has 0 aliphatic carbocycles. The molecule has 0 aromatic heterocycles. The molecule has 0 saturated heterocycles. The summed E-state index contributed by atoms with van der Waals surface area (Å²) in [6.45, 7) is 17.9. The van der Waals surface area contributed by atoms with E-state index in [1.807, 2.05) is 19.9 Å². The molecule has 0 fully saturated rings. The number of hydrogen-bond donors (Lipinski definition) is 3. The van der Waals surface area contributed by atoms with E-state index in [1.165, 1.54) is 14.2 Å². The van der Waals surface area contributed by atoms with Crippen molar-refractivity contribution in [3.8, 4) is 11.5 Å². The second-order valence-electron chi connectivity index (χ2n) is 15.1. The number of benzene rings is 2. The first-order valence-electron chi connectivity index (χ1n) is 17.9. The van der Waals surface area contributed by atoms with Crippen molar-refractivity contribution in [2.45, 2.75) is 116 Å². The van der Waals surface area contributed by atoms with Crippen LogP contribution in [0.1, 0.15) is 80.4 Å². The topological polar surface area (TPSA) is 222 Å². The van der Waals surface area contributed by atoms with Gasteiger partial charge in [0.05, 0.1) is 37.3 Å². The Morgan fingerprint density at radius 2 is 1.10 bits per heavy atom. The number of hydrogen-bond acceptors (Lipinski definition) is 14. The molecule has 2 atom stereocenters. The van der Waals surface area contributed by atoms with Gasteiger partial charge in [0.1, 0.15) is 11.5 Å². The number of carbonyl (C=O) groups is 4. The van der Waals surface area contributed by atoms with Crippen molar-refractivity contribution >= 4 is 74.7 Å². The Bertz CT molecular complexity index is 1840. The van der Waals surface area contributed by atoms with E-state index in [0.717, 1.165) is 5.56 Å². The van der Waals surface area contributed by atoms with Crippen molar-refractivity contribution in [2.24, 2.45) is 10.8 Å². The first kappa shape index (κ1) is 59.4. The van der Waals surface area contributed by atoms with Gasteiger partial charge in [-0.1, -0.05) is 59.1 Å². The number of halogens is 6. The number of nitrogens with one attached hydrogen (secondary N) is 1. The highest BCUT2D eigenvalue weighted by molar-refractivity contribution is 7.86. The summed E-state index contributed by atoms with van der Waals surface area (Å²) in [7, 11) is -3.29. The van der Waals surface area contributed by atoms with Crippen molar-refractivity contribution < 1.29 is 78.8 Å². The summed E-state index contributed by atoms with van der Waals surface area (Å²) < 4.78 is 86.1. The summed E-state index contributed by atoms with van der Waals surface area (Å²) in [6.07, 6.45) is -1.69. The molecule has 15 nitrogen and oxygen atoms in total. The number of alkyl halides is 6. The summed E-state index contributed by atoms with van der Waals surface area (Å²) in [5.74, 6) is -1.26. The standard InChI is InChI=1S/C18H26O5.C15H20O5.C5H8Cl3NO.CHF3O3S/c1-12(2)22-15(16(19)21-6)11-13-8-7-9-14(10-13)23-17(20)18(3,4)5;1-15(2,3)14(18)20-11-7-5-6-10(8-11)9-12(16)13(17)19-4;1-3(2)10-4(9)5(6,7)8;2-1(3,4)8(5,6)7/h7-10,12,15H,11H2,1-6H3;5-8,12,16H,9H2,1-4H3;3,9H,1-2H3;(H,5,6,7)/t15-;12-;;/m00../s1. The minimum atomic E-state index is -5.84. The van der Waals surface area contributed by atoms with E-state index in [4.69, 9.17) is 76.9 Å². The lowest BCUT2D eigenvalue weighted by Gasteiger charge is -2.19. The van der Waals surface area contributed by atoms with E-state index in [-0.39, 0.29) is 36.5 Å². The Morgan fingerprint density at radius 1 is 0.721 bits per heavy atom. The van der Waals surface area contributed by atoms with Crippen LogP contribution in [-0.2, 0) is 61.1 Å². The number of aliphatic hydroxyl groups excluding tert-OH is 1. The van der Waals surface area contributed by atoms with Crippen molar-refractivity contribution in [3.63, 3.8) is 0 Å². The van der Waals surface area contributed by atoms with E-state index in [2.05, 4.69) is 4.74 Å². The monoisotopic (exact) mass is 955 g/mol. The lowest BCUT2D eigenvalue weighted by Crippen LogP contribution is -2.30. The third kappa shape index (κ3) is 26.4. The quantitative estimate of drug-likeness (QED) is 0.0369. The maximum Gasteiger partial charge on any atom is 0.522 e. The molecule has 3 N–H and O–H groups in total. The highest BCUT2D eigenvalue weighted by atomic mass is 35.6. The first-order valence-corrected chi connectivity index (χ1v) is 20.5. The molecule has 0 saturated carbocycles. The zero-order chi connectivity index (χ0) is 48.3. The van der Waals surface area contributed by atoms with Crippen LogP contribution >= 0.6 is 34.8 Å². The zero-order valence-electron chi connectivity index (χ0n) is 35.8. The lowest BCUT2D eigenvalue weighted by atomic mass is 9.97. The molecule has 0 unspecified atom stereocenters. The summed E-state index contributed by atoms with van der Waals surface area (Å²) >= 11 is 15.9. The first-order chi connectivity index (χ1) is 27.5. The average Bonchev–Trinajstić information content (AvgIpc) is 3.09. The maximum atomic E-state index is 11.9. The lowest BCUT2D eigenvalue weighted by molar-refractivity contribution is -0.156. The number of rotatable bonds is 11. The molecular weight excluding hydrogens is 902 g/mol. The van der Waals surface area contributed by atoms with Crippen LogP contribution < -0.4 is 9.47 Å². The van der Waals surface area contributed by atoms with E-state index in [0.29, 0.717) is 23.5 Å². The average molecular weight is 957 g/mol. The Labute approximate surface area is 369 Å². The van der Waals surface area contributed by atoms with E-state index < -0.39 is 54.4 Å². The van der Waals surface area contributed by atoms with Crippen LogP contribution in [0.3, 0.4) is 0 Å². The van der Waals surface area contributed by atoms with Gasteiger partial charge in [0.15, 0.2) is 12.2 Å². The summed E-state index contributed by atoms with van der Waals surface area (Å²) in [4.78, 5) is 46.7. The van der Waals surface area contributed by atoms with Crippen molar-refractivity contribution in [2.75, 3.05) is 14.2 Å². The van der Waals surface area contributed by atoms with Gasteiger partial charge in [-0.3, -0.25) is 19.6 Å². The van der Waals surface area contributed by atoms with Gasteiger partial charge in [-0.2, -0.15) is 21.6 Å². The summed E-state index contributed by atoms with van der Waals surface area (Å²) in [5.41, 5.74) is -5.19. The third-order valence-corrected chi connectivity index (χ3v) is 7.67. The van der Waals surface area contributed by atoms with Gasteiger partial charge in [-0.25, -0.2) is 9.59 Å². The number of esters is 4. The molecule has 0 aliphatic heterocycles. The van der Waals surface area contributed by atoms with Crippen molar-refractivity contribution in [1.29, 1.82) is 5.41 Å². The highest BCUT2D eigenvalue weighted by Crippen LogP contribution is 2.28. The van der Waals surface area contributed by atoms with Crippen LogP contribution in [0.4, 0.5) is 13.2 Å². The minimum absolute atomic E-state index is 0.0963. The number of carbonyl (C=O) groups excluding carboxylic acids is 4. The van der Waals surface area contributed by atoms with Crippen LogP contribution in [0.15, 0.2) is 48.5 Å². The maximum absolute atomic E-state index is 11.9. The van der Waals surface area contributed by atoms with Gasteiger partial charge in [-0.15, -0.1) is 0 Å². The van der Waals surface area contributed by atoms with Gasteiger partial charge in [0.25, 0.3) is 3.79 Å². The molecular formula is C39H55Cl3F3NO14S. The third-order valence-electron chi connectivity index (χ3n) is 6.57. The molecule has 2 aromatic rings. The second-order valence-corrected chi connectivity index (χ2v) is 18.8. The largest absolute Gasteiger partial charge is 0.522 e. The Hall–Kier alpha value is -3.72. The second kappa shape index (κ2) is 26.0. The molecule has 0 amide bonds. The van der Waals surface area contributed by atoms with Crippen molar-refractivity contribution in [3.05, 3.63) is 59.7 Å². The number of aliphatic hydroxyl groups is 1. The predicted octanol–water partition coefficient (Wildman–Crippen LogP) is 8.01. The molecule has 2 aromatic carbocycles. The molecule has 0 bridgehead atoms. The zero-order valence-corrected chi connectivity index (χ0v) is 38.9.